The van der Waals surface area contributed by atoms with Crippen LogP contribution in [0.3, 0.4) is 0 Å². The maximum atomic E-state index is 15.8. The van der Waals surface area contributed by atoms with E-state index in [0.29, 0.717) is 16.7 Å². The van der Waals surface area contributed by atoms with Gasteiger partial charge < -0.3 is 18.9 Å². The summed E-state index contributed by atoms with van der Waals surface area (Å²) in [6.45, 7) is 4.49. The fourth-order valence-corrected chi connectivity index (χ4v) is 8.74. The van der Waals surface area contributed by atoms with Crippen molar-refractivity contribution in [2.75, 3.05) is 0 Å². The monoisotopic (exact) mass is 989 g/mol. The Balaban J connectivity index is 0.902. The highest BCUT2D eigenvalue weighted by Gasteiger charge is 2.18. The number of esters is 4. The zero-order valence-corrected chi connectivity index (χ0v) is 43.0. The third kappa shape index (κ3) is 18.9. The highest BCUT2D eigenvalue weighted by molar-refractivity contribution is 5.94. The van der Waals surface area contributed by atoms with Crippen LogP contribution in [0.2, 0.25) is 0 Å². The maximum Gasteiger partial charge on any atom is 0.343 e. The van der Waals surface area contributed by atoms with Crippen LogP contribution in [0.1, 0.15) is 195 Å². The molecular formula is C64H73FO8. The summed E-state index contributed by atoms with van der Waals surface area (Å²) in [7, 11) is 0. The minimum absolute atomic E-state index is 0.137. The van der Waals surface area contributed by atoms with Crippen molar-refractivity contribution in [3.8, 4) is 34.1 Å². The molecule has 0 unspecified atom stereocenters. The predicted molar refractivity (Wildman–Crippen MR) is 289 cm³/mol. The first kappa shape index (κ1) is 55.4. The van der Waals surface area contributed by atoms with Gasteiger partial charge in [0.25, 0.3) is 0 Å². The van der Waals surface area contributed by atoms with Gasteiger partial charge in [-0.3, -0.25) is 0 Å². The van der Waals surface area contributed by atoms with Gasteiger partial charge in [-0.1, -0.05) is 178 Å². The summed E-state index contributed by atoms with van der Waals surface area (Å²) in [4.78, 5) is 51.8. The molecule has 0 aromatic heterocycles. The Kier molecular flexibility index (Phi) is 23.5. The lowest BCUT2D eigenvalue weighted by Gasteiger charge is -2.11. The quantitative estimate of drug-likeness (QED) is 0.0241. The van der Waals surface area contributed by atoms with Gasteiger partial charge >= 0.3 is 23.9 Å². The van der Waals surface area contributed by atoms with E-state index >= 15 is 4.39 Å². The Morgan fingerprint density at radius 1 is 0.342 bits per heavy atom. The summed E-state index contributed by atoms with van der Waals surface area (Å²) in [6, 6.07) is 37.7. The van der Waals surface area contributed by atoms with Crippen molar-refractivity contribution in [2.24, 2.45) is 0 Å². The van der Waals surface area contributed by atoms with Crippen molar-refractivity contribution in [1.29, 1.82) is 0 Å². The standard InChI is InChI=1S/C64H73FO8/c1-3-5-7-9-11-13-15-17-19-21-24-48-28-32-51(33-29-48)61(66)71-56-44-38-53(39-45-56)63(68)70-55-42-36-50(37-43-55)58-26-23-27-59(60(58)65)73-64(69)54-40-46-57(47-41-54)72-62(67)52-34-30-49(31-35-52)25-22-20-18-16-14-12-10-8-6-4-2/h23,26-47H,3-22,24-25H2,1-2H3. The van der Waals surface area contributed by atoms with E-state index in [1.54, 1.807) is 48.5 Å². The number of carbonyl (C=O) groups excluding carboxylic acids is 4. The molecule has 6 aromatic carbocycles. The third-order valence-electron chi connectivity index (χ3n) is 13.2. The highest BCUT2D eigenvalue weighted by atomic mass is 19.1. The molecule has 0 aliphatic heterocycles. The predicted octanol–water partition coefficient (Wildman–Crippen LogP) is 17.3. The SMILES string of the molecule is CCCCCCCCCCCCc1ccc(C(=O)Oc2ccc(C(=O)Oc3ccc(-c4cccc(OC(=O)c5ccc(OC(=O)c6ccc(CCCCCCCCCCCC)cc6)cc5)c4F)cc3)cc2)cc1. The number of rotatable bonds is 31. The molecule has 8 nitrogen and oxygen atoms in total. The summed E-state index contributed by atoms with van der Waals surface area (Å²) in [5.41, 5.74) is 4.26. The van der Waals surface area contributed by atoms with E-state index in [0.717, 1.165) is 25.7 Å². The molecule has 6 aromatic rings. The van der Waals surface area contributed by atoms with Gasteiger partial charge in [-0.15, -0.1) is 0 Å². The van der Waals surface area contributed by atoms with Crippen LogP contribution in [-0.4, -0.2) is 23.9 Å². The van der Waals surface area contributed by atoms with E-state index in [9.17, 15) is 19.2 Å². The van der Waals surface area contributed by atoms with Gasteiger partial charge in [0.05, 0.1) is 22.3 Å². The smallest absolute Gasteiger partial charge is 0.343 e. The Morgan fingerprint density at radius 2 is 0.644 bits per heavy atom. The first-order valence-corrected chi connectivity index (χ1v) is 26.9. The van der Waals surface area contributed by atoms with Gasteiger partial charge in [0.15, 0.2) is 11.6 Å². The molecule has 0 aliphatic carbocycles. The van der Waals surface area contributed by atoms with Crippen molar-refractivity contribution in [1.82, 2.24) is 0 Å². The molecule has 0 atom stereocenters. The first-order chi connectivity index (χ1) is 35.7. The number of hydrogen-bond donors (Lipinski definition) is 0. The van der Waals surface area contributed by atoms with Crippen LogP contribution in [0.4, 0.5) is 4.39 Å². The van der Waals surface area contributed by atoms with Gasteiger partial charge in [-0.25, -0.2) is 23.6 Å². The number of halogens is 1. The first-order valence-electron chi connectivity index (χ1n) is 26.9. The molecular weight excluding hydrogens is 916 g/mol. The second-order valence-electron chi connectivity index (χ2n) is 19.0. The lowest BCUT2D eigenvalue weighted by atomic mass is 10.0. The molecule has 0 aliphatic rings. The van der Waals surface area contributed by atoms with Crippen LogP contribution < -0.4 is 18.9 Å². The summed E-state index contributed by atoms with van der Waals surface area (Å²) in [5, 5.41) is 0. The topological polar surface area (TPSA) is 105 Å². The van der Waals surface area contributed by atoms with Gasteiger partial charge in [0.1, 0.15) is 17.2 Å². The van der Waals surface area contributed by atoms with Crippen LogP contribution >= 0.6 is 0 Å². The minimum Gasteiger partial charge on any atom is -0.423 e. The van der Waals surface area contributed by atoms with E-state index in [-0.39, 0.29) is 39.7 Å². The summed E-state index contributed by atoms with van der Waals surface area (Å²) in [5.74, 6) is -2.68. The molecule has 9 heteroatoms. The lowest BCUT2D eigenvalue weighted by Crippen LogP contribution is -2.11. The lowest BCUT2D eigenvalue weighted by molar-refractivity contribution is 0.0718. The largest absolute Gasteiger partial charge is 0.423 e. The van der Waals surface area contributed by atoms with Crippen LogP contribution in [0.5, 0.6) is 23.0 Å². The molecule has 0 saturated heterocycles. The zero-order valence-electron chi connectivity index (χ0n) is 43.0. The Labute approximate surface area is 432 Å². The van der Waals surface area contributed by atoms with Crippen LogP contribution in [0.15, 0.2) is 140 Å². The van der Waals surface area contributed by atoms with Gasteiger partial charge in [-0.05, 0) is 133 Å². The fourth-order valence-electron chi connectivity index (χ4n) is 8.74. The number of benzene rings is 6. The van der Waals surface area contributed by atoms with E-state index < -0.39 is 29.7 Å². The number of hydrogen-bond acceptors (Lipinski definition) is 8. The van der Waals surface area contributed by atoms with Gasteiger partial charge in [0, 0.05) is 5.56 Å². The van der Waals surface area contributed by atoms with E-state index in [1.165, 1.54) is 193 Å². The molecule has 6 rings (SSSR count). The second-order valence-corrected chi connectivity index (χ2v) is 19.0. The van der Waals surface area contributed by atoms with Gasteiger partial charge in [-0.2, -0.15) is 0 Å². The Hall–Kier alpha value is -6.87. The molecule has 0 radical (unpaired) electrons. The summed E-state index contributed by atoms with van der Waals surface area (Å²) < 4.78 is 37.9. The molecule has 0 N–H and O–H groups in total. The third-order valence-corrected chi connectivity index (χ3v) is 13.2. The average Bonchev–Trinajstić information content (AvgIpc) is 3.41. The average molecular weight is 989 g/mol. The molecule has 0 spiro atoms. The number of unbranched alkanes of at least 4 members (excludes halogenated alkanes) is 18. The molecule has 0 fully saturated rings. The number of carbonyl (C=O) groups is 4. The van der Waals surface area contributed by atoms with Crippen LogP contribution in [0, 0.1) is 5.82 Å². The van der Waals surface area contributed by atoms with Crippen LogP contribution in [0.25, 0.3) is 11.1 Å². The van der Waals surface area contributed by atoms with Crippen molar-refractivity contribution >= 4 is 23.9 Å². The van der Waals surface area contributed by atoms with Crippen molar-refractivity contribution < 1.29 is 42.5 Å². The van der Waals surface area contributed by atoms with Crippen molar-refractivity contribution in [3.63, 3.8) is 0 Å². The van der Waals surface area contributed by atoms with Gasteiger partial charge in [0.2, 0.25) is 0 Å². The summed E-state index contributed by atoms with van der Waals surface area (Å²) in [6.07, 6.45) is 27.8. The molecule has 0 saturated carbocycles. The normalized spacial score (nSPS) is 11.0. The van der Waals surface area contributed by atoms with Crippen molar-refractivity contribution in [3.05, 3.63) is 179 Å². The molecule has 0 bridgehead atoms. The highest BCUT2D eigenvalue weighted by Crippen LogP contribution is 2.31. The second kappa shape index (κ2) is 30.9. The molecule has 384 valence electrons. The zero-order chi connectivity index (χ0) is 51.5. The number of aryl methyl sites for hydroxylation is 2. The van der Waals surface area contributed by atoms with E-state index in [1.807, 2.05) is 24.3 Å². The van der Waals surface area contributed by atoms with E-state index in [2.05, 4.69) is 13.8 Å². The van der Waals surface area contributed by atoms with Crippen LogP contribution in [-0.2, 0) is 12.8 Å². The fraction of sp³-hybridized carbons (Fsp3) is 0.375. The molecule has 73 heavy (non-hydrogen) atoms. The Morgan fingerprint density at radius 3 is 1.00 bits per heavy atom. The van der Waals surface area contributed by atoms with Crippen molar-refractivity contribution in [2.45, 2.75) is 155 Å². The number of ether oxygens (including phenoxy) is 4. The summed E-state index contributed by atoms with van der Waals surface area (Å²) >= 11 is 0. The maximum absolute atomic E-state index is 15.8. The van der Waals surface area contributed by atoms with E-state index in [4.69, 9.17) is 18.9 Å². The Bertz CT molecular complexity index is 2600. The molecule has 0 amide bonds. The molecule has 0 heterocycles. The minimum atomic E-state index is -0.792.